The Balaban J connectivity index is 2.25. The predicted octanol–water partition coefficient (Wildman–Crippen LogP) is 3.13. The summed E-state index contributed by atoms with van der Waals surface area (Å²) in [6, 6.07) is 3.68. The fraction of sp³-hybridized carbons (Fsp3) is 0.417. The molecule has 0 aliphatic heterocycles. The van der Waals surface area contributed by atoms with Gasteiger partial charge in [-0.3, -0.25) is 0 Å². The van der Waals surface area contributed by atoms with Gasteiger partial charge in [0.1, 0.15) is 10.7 Å². The molecule has 6 heteroatoms. The van der Waals surface area contributed by atoms with E-state index in [1.165, 1.54) is 12.1 Å². The predicted molar refractivity (Wildman–Crippen MR) is 65.6 cm³/mol. The van der Waals surface area contributed by atoms with Gasteiger partial charge in [-0.15, -0.1) is 0 Å². The molecule has 0 unspecified atom stereocenters. The van der Waals surface area contributed by atoms with Gasteiger partial charge in [-0.25, -0.2) is 0 Å². The molecule has 0 aromatic heterocycles. The van der Waals surface area contributed by atoms with Gasteiger partial charge in [-0.2, -0.15) is 13.2 Å². The Kier molecular flexibility index (Phi) is 3.47. The molecule has 0 bridgehead atoms. The largest absolute Gasteiger partial charge is 0.493 e. The molecule has 0 heterocycles. The highest BCUT2D eigenvalue weighted by molar-refractivity contribution is 7.80. The molecular weight excluding hydrogens is 263 g/mol. The monoisotopic (exact) mass is 275 g/mol. The minimum absolute atomic E-state index is 0.170. The van der Waals surface area contributed by atoms with Crippen molar-refractivity contribution in [3.63, 3.8) is 0 Å². The summed E-state index contributed by atoms with van der Waals surface area (Å²) in [6.45, 7) is 0.462. The van der Waals surface area contributed by atoms with Crippen LogP contribution in [0.25, 0.3) is 0 Å². The highest BCUT2D eigenvalue weighted by Crippen LogP contribution is 2.35. The highest BCUT2D eigenvalue weighted by Gasteiger charge is 2.34. The SMILES string of the molecule is NC(=S)c1ccc(OCC2CC2)cc1C(F)(F)F. The molecule has 2 nitrogen and oxygen atoms in total. The minimum atomic E-state index is -4.49. The van der Waals surface area contributed by atoms with Crippen LogP contribution in [-0.4, -0.2) is 11.6 Å². The first kappa shape index (κ1) is 13.1. The quantitative estimate of drug-likeness (QED) is 0.857. The fourth-order valence-electron chi connectivity index (χ4n) is 1.56. The van der Waals surface area contributed by atoms with E-state index in [1.807, 2.05) is 0 Å². The van der Waals surface area contributed by atoms with Gasteiger partial charge in [0.15, 0.2) is 0 Å². The van der Waals surface area contributed by atoms with Crippen LogP contribution >= 0.6 is 12.2 Å². The lowest BCUT2D eigenvalue weighted by Gasteiger charge is -2.14. The first-order valence-electron chi connectivity index (χ1n) is 5.52. The van der Waals surface area contributed by atoms with Crippen molar-refractivity contribution >= 4 is 17.2 Å². The summed E-state index contributed by atoms with van der Waals surface area (Å²) in [5.74, 6) is 0.684. The van der Waals surface area contributed by atoms with E-state index in [9.17, 15) is 13.2 Å². The van der Waals surface area contributed by atoms with E-state index >= 15 is 0 Å². The summed E-state index contributed by atoms with van der Waals surface area (Å²) in [5, 5.41) is 0. The number of rotatable bonds is 4. The van der Waals surface area contributed by atoms with Crippen LogP contribution < -0.4 is 10.5 Å². The molecule has 0 saturated heterocycles. The van der Waals surface area contributed by atoms with Crippen molar-refractivity contribution in [2.75, 3.05) is 6.61 Å². The number of hydrogen-bond acceptors (Lipinski definition) is 2. The number of nitrogens with two attached hydrogens (primary N) is 1. The molecule has 18 heavy (non-hydrogen) atoms. The van der Waals surface area contributed by atoms with Crippen LogP contribution in [0.2, 0.25) is 0 Å². The van der Waals surface area contributed by atoms with Crippen molar-refractivity contribution in [2.24, 2.45) is 11.7 Å². The Morgan fingerprint density at radius 3 is 2.56 bits per heavy atom. The van der Waals surface area contributed by atoms with Gasteiger partial charge >= 0.3 is 6.18 Å². The zero-order valence-corrected chi connectivity index (χ0v) is 10.3. The van der Waals surface area contributed by atoms with E-state index in [2.05, 4.69) is 12.2 Å². The third-order valence-corrected chi connectivity index (χ3v) is 2.96. The third-order valence-electron chi connectivity index (χ3n) is 2.74. The van der Waals surface area contributed by atoms with Gasteiger partial charge in [-0.1, -0.05) is 12.2 Å². The van der Waals surface area contributed by atoms with E-state index in [0.717, 1.165) is 18.9 Å². The lowest BCUT2D eigenvalue weighted by Crippen LogP contribution is -2.18. The first-order chi connectivity index (χ1) is 8.38. The fourth-order valence-corrected chi connectivity index (χ4v) is 1.74. The maximum atomic E-state index is 12.8. The topological polar surface area (TPSA) is 35.2 Å². The third kappa shape index (κ3) is 3.13. The second-order valence-electron chi connectivity index (χ2n) is 4.32. The molecule has 1 aliphatic carbocycles. The van der Waals surface area contributed by atoms with Crippen LogP contribution in [0.1, 0.15) is 24.0 Å². The summed E-state index contributed by atoms with van der Waals surface area (Å²) in [6.07, 6.45) is -2.33. The summed E-state index contributed by atoms with van der Waals surface area (Å²) >= 11 is 4.61. The molecule has 1 aromatic rings. The van der Waals surface area contributed by atoms with Gasteiger partial charge in [0.25, 0.3) is 0 Å². The Morgan fingerprint density at radius 1 is 1.39 bits per heavy atom. The second-order valence-corrected chi connectivity index (χ2v) is 4.76. The Hall–Kier alpha value is -1.30. The molecule has 0 spiro atoms. The number of alkyl halides is 3. The zero-order valence-electron chi connectivity index (χ0n) is 9.46. The van der Waals surface area contributed by atoms with Gasteiger partial charge in [-0.05, 0) is 37.0 Å². The molecule has 0 radical (unpaired) electrons. The summed E-state index contributed by atoms with van der Waals surface area (Å²) in [4.78, 5) is -0.268. The molecule has 1 aromatic carbocycles. The van der Waals surface area contributed by atoms with Crippen LogP contribution in [0.3, 0.4) is 0 Å². The van der Waals surface area contributed by atoms with Crippen molar-refractivity contribution in [2.45, 2.75) is 19.0 Å². The molecule has 2 rings (SSSR count). The lowest BCUT2D eigenvalue weighted by molar-refractivity contribution is -0.137. The van der Waals surface area contributed by atoms with Gasteiger partial charge in [0, 0.05) is 5.56 Å². The molecule has 1 fully saturated rings. The minimum Gasteiger partial charge on any atom is -0.493 e. The average Bonchev–Trinajstić information content (AvgIpc) is 3.08. The molecule has 1 saturated carbocycles. The van der Waals surface area contributed by atoms with E-state index in [0.29, 0.717) is 12.5 Å². The van der Waals surface area contributed by atoms with Crippen LogP contribution in [-0.2, 0) is 6.18 Å². The van der Waals surface area contributed by atoms with Crippen molar-refractivity contribution < 1.29 is 17.9 Å². The van der Waals surface area contributed by atoms with Crippen molar-refractivity contribution in [3.8, 4) is 5.75 Å². The van der Waals surface area contributed by atoms with Crippen molar-refractivity contribution in [1.29, 1.82) is 0 Å². The maximum Gasteiger partial charge on any atom is 0.417 e. The van der Waals surface area contributed by atoms with Crippen molar-refractivity contribution in [1.82, 2.24) is 0 Å². The summed E-state index contributed by atoms with van der Waals surface area (Å²) in [7, 11) is 0. The van der Waals surface area contributed by atoms with Gasteiger partial charge in [0.2, 0.25) is 0 Å². The van der Waals surface area contributed by atoms with Crippen molar-refractivity contribution in [3.05, 3.63) is 29.3 Å². The Labute approximate surface area is 108 Å². The smallest absolute Gasteiger partial charge is 0.417 e. The summed E-state index contributed by atoms with van der Waals surface area (Å²) in [5.41, 5.74) is 4.27. The number of halogens is 3. The van der Waals surface area contributed by atoms with E-state index < -0.39 is 11.7 Å². The normalized spacial score (nSPS) is 15.5. The second kappa shape index (κ2) is 4.76. The lowest BCUT2D eigenvalue weighted by atomic mass is 10.1. The molecule has 98 valence electrons. The number of ether oxygens (including phenoxy) is 1. The van der Waals surface area contributed by atoms with Gasteiger partial charge < -0.3 is 10.5 Å². The summed E-state index contributed by atoms with van der Waals surface area (Å²) < 4.78 is 43.8. The first-order valence-corrected chi connectivity index (χ1v) is 5.92. The number of hydrogen-bond donors (Lipinski definition) is 1. The average molecular weight is 275 g/mol. The number of benzene rings is 1. The molecule has 2 N–H and O–H groups in total. The van der Waals surface area contributed by atoms with E-state index in [4.69, 9.17) is 10.5 Å². The highest BCUT2D eigenvalue weighted by atomic mass is 32.1. The molecule has 1 aliphatic rings. The van der Waals surface area contributed by atoms with E-state index in [-0.39, 0.29) is 16.3 Å². The van der Waals surface area contributed by atoms with Crippen LogP contribution in [0.5, 0.6) is 5.75 Å². The number of thiocarbonyl (C=S) groups is 1. The Bertz CT molecular complexity index is 469. The molecule has 0 amide bonds. The standard InChI is InChI=1S/C12H12F3NOS/c13-12(14,15)10-5-8(17-6-7-1-2-7)3-4-9(10)11(16)18/h3-5,7H,1-2,6H2,(H2,16,18). The maximum absolute atomic E-state index is 12.8. The van der Waals surface area contributed by atoms with Crippen LogP contribution in [0.15, 0.2) is 18.2 Å². The molecule has 0 atom stereocenters. The van der Waals surface area contributed by atoms with E-state index in [1.54, 1.807) is 0 Å². The molecular formula is C12H12F3NOS. The zero-order chi connectivity index (χ0) is 13.3. The van der Waals surface area contributed by atoms with Crippen LogP contribution in [0.4, 0.5) is 13.2 Å². The van der Waals surface area contributed by atoms with Gasteiger partial charge in [0.05, 0.1) is 12.2 Å². The van der Waals surface area contributed by atoms with Crippen LogP contribution in [0, 0.1) is 5.92 Å². The Morgan fingerprint density at radius 2 is 2.06 bits per heavy atom.